The van der Waals surface area contributed by atoms with Crippen LogP contribution in [-0.4, -0.2) is 80.8 Å². The van der Waals surface area contributed by atoms with Crippen molar-refractivity contribution in [3.05, 3.63) is 0 Å². The fourth-order valence-corrected chi connectivity index (χ4v) is 0.0861. The van der Waals surface area contributed by atoms with Crippen molar-refractivity contribution in [1.82, 2.24) is 0 Å². The van der Waals surface area contributed by atoms with Gasteiger partial charge in [0.05, 0.1) is 13.2 Å². The Balaban J connectivity index is -0.000000162. The fraction of sp³-hybridized carbons (Fsp3) is 0.667. The molecule has 0 heterocycles. The average molecular weight is 242 g/mol. The maximum atomic E-state index is 9.33. The van der Waals surface area contributed by atoms with E-state index in [0.717, 1.165) is 0 Å². The molecule has 0 fully saturated rings. The molecule has 0 rings (SSSR count). The number of aliphatic hydroxyl groups excluding tert-OH is 4. The first-order chi connectivity index (χ1) is 7.35. The second-order valence-electron chi connectivity index (χ2n) is 2.12. The van der Waals surface area contributed by atoms with E-state index < -0.39 is 32.7 Å². The van der Waals surface area contributed by atoms with Crippen LogP contribution in [0, 0.1) is 0 Å². The third-order valence-electron chi connectivity index (χ3n) is 0.688. The molecule has 16 heavy (non-hydrogen) atoms. The number of aldehydes is 2. The van der Waals surface area contributed by atoms with Gasteiger partial charge >= 0.3 is 7.32 Å². The largest absolute Gasteiger partial charge is 0.631 e. The van der Waals surface area contributed by atoms with Crippen LogP contribution in [0.15, 0.2) is 0 Å². The van der Waals surface area contributed by atoms with E-state index in [1.54, 1.807) is 0 Å². The summed E-state index contributed by atoms with van der Waals surface area (Å²) in [5.41, 5.74) is 0. The van der Waals surface area contributed by atoms with Gasteiger partial charge in [0.1, 0.15) is 12.2 Å². The molecule has 2 unspecified atom stereocenters. The quantitative estimate of drug-likeness (QED) is 0.188. The van der Waals surface area contributed by atoms with Crippen molar-refractivity contribution in [3.63, 3.8) is 0 Å². The molecule has 0 aliphatic carbocycles. The average Bonchev–Trinajstić information content (AvgIpc) is 2.26. The fourth-order valence-electron chi connectivity index (χ4n) is 0.0861. The highest BCUT2D eigenvalue weighted by molar-refractivity contribution is 6.30. The van der Waals surface area contributed by atoms with E-state index in [2.05, 4.69) is 0 Å². The molecular formula is C6H15BO9. The Hall–Kier alpha value is -0.875. The van der Waals surface area contributed by atoms with Gasteiger partial charge in [-0.05, 0) is 0 Å². The van der Waals surface area contributed by atoms with Crippen molar-refractivity contribution >= 4 is 19.9 Å². The highest BCUT2D eigenvalue weighted by Crippen LogP contribution is 1.66. The minimum Gasteiger partial charge on any atom is -0.402 e. The summed E-state index contributed by atoms with van der Waals surface area (Å²) in [5, 5.41) is 53.3. The van der Waals surface area contributed by atoms with E-state index in [0.29, 0.717) is 0 Å². The van der Waals surface area contributed by atoms with Gasteiger partial charge in [-0.3, -0.25) is 0 Å². The van der Waals surface area contributed by atoms with Gasteiger partial charge < -0.3 is 45.1 Å². The van der Waals surface area contributed by atoms with Gasteiger partial charge in [0.25, 0.3) is 0 Å². The van der Waals surface area contributed by atoms with Crippen LogP contribution in [0.3, 0.4) is 0 Å². The predicted molar refractivity (Wildman–Crippen MR) is 50.7 cm³/mol. The van der Waals surface area contributed by atoms with Gasteiger partial charge in [0.15, 0.2) is 12.6 Å². The van der Waals surface area contributed by atoms with Crippen LogP contribution in [-0.2, 0) is 9.59 Å². The molecule has 2 atom stereocenters. The van der Waals surface area contributed by atoms with Gasteiger partial charge in [-0.25, -0.2) is 0 Å². The molecule has 0 bridgehead atoms. The Bertz CT molecular complexity index is 136. The van der Waals surface area contributed by atoms with E-state index in [-0.39, 0.29) is 12.6 Å². The van der Waals surface area contributed by atoms with Crippen molar-refractivity contribution in [2.24, 2.45) is 0 Å². The van der Waals surface area contributed by atoms with E-state index >= 15 is 0 Å². The number of hydrogen-bond donors (Lipinski definition) is 7. The topological polar surface area (TPSA) is 176 Å². The van der Waals surface area contributed by atoms with Crippen molar-refractivity contribution in [3.8, 4) is 0 Å². The first kappa shape index (κ1) is 20.5. The summed E-state index contributed by atoms with van der Waals surface area (Å²) in [6, 6.07) is 0. The maximum Gasteiger partial charge on any atom is 0.631 e. The molecule has 10 heteroatoms. The Kier molecular flexibility index (Phi) is 21.2. The van der Waals surface area contributed by atoms with Crippen LogP contribution < -0.4 is 0 Å². The molecule has 0 spiro atoms. The van der Waals surface area contributed by atoms with Crippen molar-refractivity contribution < 1.29 is 45.1 Å². The van der Waals surface area contributed by atoms with E-state index in [1.807, 2.05) is 0 Å². The van der Waals surface area contributed by atoms with Crippen LogP contribution in [0.4, 0.5) is 0 Å². The molecule has 7 N–H and O–H groups in total. The lowest BCUT2D eigenvalue weighted by atomic mass is 10.3. The molecule has 96 valence electrons. The third kappa shape index (κ3) is 38.0. The Morgan fingerprint density at radius 1 is 0.875 bits per heavy atom. The molecule has 0 saturated heterocycles. The number of rotatable bonds is 4. The van der Waals surface area contributed by atoms with Gasteiger partial charge in [0.2, 0.25) is 0 Å². The monoisotopic (exact) mass is 242 g/mol. The lowest BCUT2D eigenvalue weighted by Gasteiger charge is -1.89. The van der Waals surface area contributed by atoms with E-state index in [9.17, 15) is 9.59 Å². The Morgan fingerprint density at radius 2 is 1.06 bits per heavy atom. The molecule has 0 aliphatic heterocycles. The Morgan fingerprint density at radius 3 is 1.06 bits per heavy atom. The lowest BCUT2D eigenvalue weighted by Crippen LogP contribution is -2.12. The second-order valence-corrected chi connectivity index (χ2v) is 2.12. The zero-order valence-corrected chi connectivity index (χ0v) is 8.25. The van der Waals surface area contributed by atoms with Crippen molar-refractivity contribution in [2.45, 2.75) is 12.2 Å². The standard InChI is InChI=1S/2C3H6O3.BH3O3/c2*4-1-3(6)2-5;2-1(3)4/h2*1,3,5-6H,2H2;2-4H. The molecule has 0 aromatic heterocycles. The summed E-state index contributed by atoms with van der Waals surface area (Å²) in [5.74, 6) is 0. The highest BCUT2D eigenvalue weighted by atomic mass is 16.5. The van der Waals surface area contributed by atoms with Gasteiger partial charge in [-0.15, -0.1) is 0 Å². The third-order valence-corrected chi connectivity index (χ3v) is 0.688. The molecule has 0 aromatic carbocycles. The number of hydrogen-bond acceptors (Lipinski definition) is 9. The summed E-state index contributed by atoms with van der Waals surface area (Å²) in [6.07, 6.45) is -1.82. The highest BCUT2D eigenvalue weighted by Gasteiger charge is 1.93. The molecule has 0 aromatic rings. The number of carbonyl (C=O) groups is 2. The van der Waals surface area contributed by atoms with Crippen molar-refractivity contribution in [1.29, 1.82) is 0 Å². The predicted octanol–water partition coefficient (Wildman–Crippen LogP) is -4.97. The second kappa shape index (κ2) is 16.6. The molecule has 0 aliphatic rings. The molecule has 0 radical (unpaired) electrons. The number of carbonyl (C=O) groups excluding carboxylic acids is 2. The number of aliphatic hydroxyl groups is 4. The summed E-state index contributed by atoms with van der Waals surface area (Å²) in [4.78, 5) is 18.7. The van der Waals surface area contributed by atoms with Crippen LogP contribution >= 0.6 is 0 Å². The minimum absolute atomic E-state index is 0.278. The summed E-state index contributed by atoms with van der Waals surface area (Å²) >= 11 is 0. The molecule has 0 amide bonds. The Labute approximate surface area is 91.4 Å². The normalized spacial score (nSPS) is 11.9. The zero-order valence-electron chi connectivity index (χ0n) is 8.25. The van der Waals surface area contributed by atoms with E-state index in [1.165, 1.54) is 0 Å². The van der Waals surface area contributed by atoms with Gasteiger partial charge in [-0.2, -0.15) is 0 Å². The van der Waals surface area contributed by atoms with Crippen molar-refractivity contribution in [2.75, 3.05) is 13.2 Å². The summed E-state index contributed by atoms with van der Waals surface area (Å²) < 4.78 is 0. The first-order valence-electron chi connectivity index (χ1n) is 3.88. The zero-order chi connectivity index (χ0) is 13.6. The van der Waals surface area contributed by atoms with Gasteiger partial charge in [0, 0.05) is 0 Å². The minimum atomic E-state index is -2.17. The molecule has 9 nitrogen and oxygen atoms in total. The first-order valence-corrected chi connectivity index (χ1v) is 3.88. The van der Waals surface area contributed by atoms with Gasteiger partial charge in [-0.1, -0.05) is 0 Å². The molecule has 0 saturated carbocycles. The SMILES string of the molecule is O=CC(O)CO.O=CC(O)CO.OB(O)O. The summed E-state index contributed by atoms with van der Waals surface area (Å²) in [7, 11) is -2.17. The van der Waals surface area contributed by atoms with E-state index in [4.69, 9.17) is 35.5 Å². The lowest BCUT2D eigenvalue weighted by molar-refractivity contribution is -0.117. The maximum absolute atomic E-state index is 9.33. The van der Waals surface area contributed by atoms with Crippen LogP contribution in [0.25, 0.3) is 0 Å². The van der Waals surface area contributed by atoms with Crippen LogP contribution in [0.5, 0.6) is 0 Å². The summed E-state index contributed by atoms with van der Waals surface area (Å²) in [6.45, 7) is -0.965. The molecular weight excluding hydrogens is 227 g/mol. The smallest absolute Gasteiger partial charge is 0.402 e. The van der Waals surface area contributed by atoms with Crippen LogP contribution in [0.1, 0.15) is 0 Å². The van der Waals surface area contributed by atoms with Crippen LogP contribution in [0.2, 0.25) is 0 Å².